The van der Waals surface area contributed by atoms with Gasteiger partial charge >= 0.3 is 0 Å². The minimum atomic E-state index is -0.390. The number of carbonyl (C=O) groups excluding carboxylic acids is 1. The molecule has 138 valence electrons. The van der Waals surface area contributed by atoms with Crippen LogP contribution in [0.25, 0.3) is 0 Å². The topological polar surface area (TPSA) is 84.0 Å². The van der Waals surface area contributed by atoms with Gasteiger partial charge in [-0.25, -0.2) is 4.68 Å². The fraction of sp³-hybridized carbons (Fsp3) is 0.150. The van der Waals surface area contributed by atoms with Crippen LogP contribution in [0, 0.1) is 0 Å². The van der Waals surface area contributed by atoms with E-state index in [0.717, 1.165) is 21.9 Å². The van der Waals surface area contributed by atoms with E-state index in [1.54, 1.807) is 12.1 Å². The zero-order valence-electron chi connectivity index (χ0n) is 14.4. The molecule has 0 spiro atoms. The van der Waals surface area contributed by atoms with E-state index < -0.39 is 5.56 Å². The van der Waals surface area contributed by atoms with Crippen LogP contribution in [-0.2, 0) is 11.3 Å². The molecule has 0 saturated heterocycles. The molecule has 3 rings (SSSR count). The molecule has 0 radical (unpaired) electrons. The minimum absolute atomic E-state index is 0.0524. The Morgan fingerprint density at radius 3 is 2.33 bits per heavy atom. The third-order valence-electron chi connectivity index (χ3n) is 4.09. The Balaban J connectivity index is 1.76. The first-order valence-corrected chi connectivity index (χ1v) is 8.81. The van der Waals surface area contributed by atoms with Crippen molar-refractivity contribution in [3.8, 4) is 0 Å². The Labute approximate surface area is 160 Å². The zero-order valence-corrected chi connectivity index (χ0v) is 15.1. The van der Waals surface area contributed by atoms with Crippen molar-refractivity contribution >= 4 is 17.5 Å². The molecule has 0 aliphatic rings. The Morgan fingerprint density at radius 2 is 1.63 bits per heavy atom. The SMILES string of the molecule is O=C(CCn1[nH]c(=O)ccc1=O)N[C@@H](c1ccccc1)c1ccc(Cl)cc1. The van der Waals surface area contributed by atoms with Gasteiger partial charge in [-0.3, -0.25) is 19.5 Å². The molecule has 0 aliphatic heterocycles. The van der Waals surface area contributed by atoms with Gasteiger partial charge in [-0.1, -0.05) is 54.1 Å². The maximum absolute atomic E-state index is 12.5. The average Bonchev–Trinajstić information content (AvgIpc) is 2.68. The summed E-state index contributed by atoms with van der Waals surface area (Å²) in [4.78, 5) is 35.6. The fourth-order valence-electron chi connectivity index (χ4n) is 2.73. The molecular weight excluding hydrogens is 366 g/mol. The first-order valence-electron chi connectivity index (χ1n) is 8.43. The van der Waals surface area contributed by atoms with Crippen molar-refractivity contribution in [3.05, 3.63) is 104 Å². The second kappa shape index (κ2) is 8.51. The van der Waals surface area contributed by atoms with Gasteiger partial charge in [-0.15, -0.1) is 0 Å². The van der Waals surface area contributed by atoms with Gasteiger partial charge in [0.05, 0.1) is 12.6 Å². The van der Waals surface area contributed by atoms with Crippen molar-refractivity contribution in [1.29, 1.82) is 0 Å². The van der Waals surface area contributed by atoms with Crippen LogP contribution in [0.4, 0.5) is 0 Å². The molecule has 1 heterocycles. The number of nitrogens with zero attached hydrogens (tertiary/aromatic N) is 1. The quantitative estimate of drug-likeness (QED) is 0.685. The lowest BCUT2D eigenvalue weighted by Crippen LogP contribution is -2.33. The smallest absolute Gasteiger partial charge is 0.265 e. The molecular formula is C20H18ClN3O3. The third-order valence-corrected chi connectivity index (χ3v) is 4.34. The Morgan fingerprint density at radius 1 is 0.963 bits per heavy atom. The first-order chi connectivity index (χ1) is 13.0. The number of aryl methyl sites for hydroxylation is 1. The predicted octanol–water partition coefficient (Wildman–Crippen LogP) is 2.49. The van der Waals surface area contributed by atoms with Crippen LogP contribution < -0.4 is 16.4 Å². The number of nitrogens with one attached hydrogen (secondary N) is 2. The normalized spacial score (nSPS) is 11.7. The second-order valence-electron chi connectivity index (χ2n) is 6.01. The van der Waals surface area contributed by atoms with Crippen LogP contribution >= 0.6 is 11.6 Å². The molecule has 7 heteroatoms. The number of amides is 1. The Hall–Kier alpha value is -3.12. The van der Waals surface area contributed by atoms with E-state index in [1.807, 2.05) is 42.5 Å². The largest absolute Gasteiger partial charge is 0.345 e. The Kier molecular flexibility index (Phi) is 5.88. The minimum Gasteiger partial charge on any atom is -0.345 e. The predicted molar refractivity (Wildman–Crippen MR) is 104 cm³/mol. The van der Waals surface area contributed by atoms with E-state index in [1.165, 1.54) is 6.07 Å². The van der Waals surface area contributed by atoms with Crippen LogP contribution in [0.3, 0.4) is 0 Å². The molecule has 1 aromatic heterocycles. The Bertz CT molecular complexity index is 1030. The molecule has 6 nitrogen and oxygen atoms in total. The summed E-state index contributed by atoms with van der Waals surface area (Å²) in [5.74, 6) is -0.240. The first kappa shape index (κ1) is 18.7. The summed E-state index contributed by atoms with van der Waals surface area (Å²) in [6, 6.07) is 18.8. The van der Waals surface area contributed by atoms with Crippen molar-refractivity contribution in [2.24, 2.45) is 0 Å². The van der Waals surface area contributed by atoms with Gasteiger partial charge < -0.3 is 5.32 Å². The molecule has 0 aliphatic carbocycles. The number of aromatic amines is 1. The van der Waals surface area contributed by atoms with Crippen LogP contribution in [0.1, 0.15) is 23.6 Å². The van der Waals surface area contributed by atoms with Crippen molar-refractivity contribution in [2.45, 2.75) is 19.0 Å². The van der Waals surface area contributed by atoms with Crippen LogP contribution in [-0.4, -0.2) is 15.7 Å². The number of benzene rings is 2. The van der Waals surface area contributed by atoms with E-state index in [2.05, 4.69) is 10.4 Å². The number of rotatable bonds is 6. The molecule has 2 N–H and O–H groups in total. The molecule has 0 saturated carbocycles. The summed E-state index contributed by atoms with van der Waals surface area (Å²) in [7, 11) is 0. The fourth-order valence-corrected chi connectivity index (χ4v) is 2.86. The van der Waals surface area contributed by atoms with Crippen LogP contribution in [0.2, 0.25) is 5.02 Å². The third kappa shape index (κ3) is 4.95. The molecule has 1 atom stereocenters. The summed E-state index contributed by atoms with van der Waals surface area (Å²) in [6.45, 7) is 0.0862. The molecule has 0 fully saturated rings. The number of aromatic nitrogens is 2. The van der Waals surface area contributed by atoms with Crippen molar-refractivity contribution in [3.63, 3.8) is 0 Å². The van der Waals surface area contributed by atoms with Gasteiger partial charge in [-0.2, -0.15) is 0 Å². The van der Waals surface area contributed by atoms with Crippen LogP contribution in [0.5, 0.6) is 0 Å². The standard InChI is InChI=1S/C20H18ClN3O3/c21-16-8-6-15(7-9-16)20(14-4-2-1-3-5-14)22-17(25)12-13-24-19(27)11-10-18(26)23-24/h1-11,20H,12-13H2,(H,22,25)(H,23,26)/t20-/m0/s1. The lowest BCUT2D eigenvalue weighted by molar-refractivity contribution is -0.121. The van der Waals surface area contributed by atoms with E-state index in [9.17, 15) is 14.4 Å². The van der Waals surface area contributed by atoms with Gasteiger partial charge in [0, 0.05) is 23.6 Å². The molecule has 0 unspecified atom stereocenters. The van der Waals surface area contributed by atoms with Gasteiger partial charge in [0.2, 0.25) is 5.91 Å². The molecule has 1 amide bonds. The molecule has 0 bridgehead atoms. The van der Waals surface area contributed by atoms with E-state index in [0.29, 0.717) is 5.02 Å². The van der Waals surface area contributed by atoms with Crippen molar-refractivity contribution in [1.82, 2.24) is 15.1 Å². The highest BCUT2D eigenvalue weighted by atomic mass is 35.5. The van der Waals surface area contributed by atoms with E-state index >= 15 is 0 Å². The second-order valence-corrected chi connectivity index (χ2v) is 6.45. The number of H-pyrrole nitrogens is 1. The van der Waals surface area contributed by atoms with Crippen molar-refractivity contribution in [2.75, 3.05) is 0 Å². The summed E-state index contributed by atoms with van der Waals surface area (Å²) in [5.41, 5.74) is 1.07. The molecule has 2 aromatic carbocycles. The lowest BCUT2D eigenvalue weighted by atomic mass is 9.98. The molecule has 3 aromatic rings. The highest BCUT2D eigenvalue weighted by Crippen LogP contribution is 2.23. The summed E-state index contributed by atoms with van der Waals surface area (Å²) >= 11 is 5.96. The van der Waals surface area contributed by atoms with Crippen LogP contribution in [0.15, 0.2) is 76.3 Å². The lowest BCUT2D eigenvalue weighted by Gasteiger charge is -2.20. The summed E-state index contributed by atoms with van der Waals surface area (Å²) in [5, 5.41) is 6.01. The van der Waals surface area contributed by atoms with E-state index in [-0.39, 0.29) is 30.5 Å². The number of halogens is 1. The van der Waals surface area contributed by atoms with Gasteiger partial charge in [0.1, 0.15) is 0 Å². The highest BCUT2D eigenvalue weighted by Gasteiger charge is 2.17. The van der Waals surface area contributed by atoms with Gasteiger partial charge in [0.25, 0.3) is 11.1 Å². The number of hydrogen-bond acceptors (Lipinski definition) is 3. The van der Waals surface area contributed by atoms with Gasteiger partial charge in [0.15, 0.2) is 0 Å². The zero-order chi connectivity index (χ0) is 19.2. The monoisotopic (exact) mass is 383 g/mol. The maximum atomic E-state index is 12.5. The van der Waals surface area contributed by atoms with E-state index in [4.69, 9.17) is 11.6 Å². The average molecular weight is 384 g/mol. The number of carbonyl (C=O) groups is 1. The maximum Gasteiger partial charge on any atom is 0.265 e. The summed E-state index contributed by atoms with van der Waals surface area (Å²) in [6.07, 6.45) is 0.0524. The van der Waals surface area contributed by atoms with Gasteiger partial charge in [-0.05, 0) is 23.3 Å². The number of hydrogen-bond donors (Lipinski definition) is 2. The summed E-state index contributed by atoms with van der Waals surface area (Å²) < 4.78 is 1.13. The molecule has 27 heavy (non-hydrogen) atoms. The highest BCUT2D eigenvalue weighted by molar-refractivity contribution is 6.30. The van der Waals surface area contributed by atoms with Crippen molar-refractivity contribution < 1.29 is 4.79 Å².